The number of halogens is 2. The van der Waals surface area contributed by atoms with Crippen molar-refractivity contribution in [2.45, 2.75) is 37.0 Å². The SMILES string of the molecule is Cl.N[C@H](Cc1ccc(Cl)cc1)C(=O)N1CCC(c2ccccc2CS(=O)(=O)NCCN2C(=O)c3ccccc3C2=O)CC1. The van der Waals surface area contributed by atoms with Crippen molar-refractivity contribution in [3.63, 3.8) is 0 Å². The number of hydrogen-bond acceptors (Lipinski definition) is 6. The third-order valence-corrected chi connectivity index (χ3v) is 9.46. The van der Waals surface area contributed by atoms with Crippen molar-refractivity contribution in [3.05, 3.63) is 106 Å². The van der Waals surface area contributed by atoms with Gasteiger partial charge in [-0.3, -0.25) is 19.3 Å². The molecule has 0 radical (unpaired) electrons. The standard InChI is InChI=1S/C31H33ClN4O5S.ClH/c32-24-11-9-21(10-12-24)19-28(33)31(39)35-16-13-22(14-17-35)25-6-2-1-5-23(25)20-42(40,41)34-15-18-36-29(37)26-7-3-4-8-27(26)30(36)38;/h1-12,22,28,34H,13-20,33H2;1H/t28-;/m1./s1. The van der Waals surface area contributed by atoms with Crippen LogP contribution in [0.3, 0.4) is 0 Å². The monoisotopic (exact) mass is 644 g/mol. The van der Waals surface area contributed by atoms with Crippen molar-refractivity contribution in [2.24, 2.45) is 5.73 Å². The molecule has 1 fully saturated rings. The van der Waals surface area contributed by atoms with E-state index in [1.807, 2.05) is 30.3 Å². The van der Waals surface area contributed by atoms with Crippen LogP contribution in [-0.4, -0.2) is 68.2 Å². The molecule has 1 saturated heterocycles. The van der Waals surface area contributed by atoms with E-state index in [1.54, 1.807) is 47.4 Å². The highest BCUT2D eigenvalue weighted by Gasteiger charge is 2.35. The Bertz CT molecular complexity index is 1560. The second-order valence-corrected chi connectivity index (χ2v) is 12.9. The summed E-state index contributed by atoms with van der Waals surface area (Å²) < 4.78 is 28.5. The fourth-order valence-corrected chi connectivity index (χ4v) is 6.98. The minimum Gasteiger partial charge on any atom is -0.341 e. The molecule has 5 rings (SSSR count). The fourth-order valence-electron chi connectivity index (χ4n) is 5.68. The molecular formula is C31H34Cl2N4O5S. The molecule has 2 heterocycles. The zero-order chi connectivity index (χ0) is 29.9. The van der Waals surface area contributed by atoms with Crippen LogP contribution in [0.15, 0.2) is 72.8 Å². The molecule has 9 nitrogen and oxygen atoms in total. The van der Waals surface area contributed by atoms with Crippen LogP contribution in [-0.2, 0) is 27.0 Å². The zero-order valence-electron chi connectivity index (χ0n) is 23.4. The molecule has 2 aliphatic heterocycles. The summed E-state index contributed by atoms with van der Waals surface area (Å²) in [7, 11) is -3.75. The van der Waals surface area contributed by atoms with Crippen LogP contribution in [0.1, 0.15) is 56.2 Å². The average molecular weight is 646 g/mol. The Kier molecular flexibility index (Phi) is 10.6. The summed E-state index contributed by atoms with van der Waals surface area (Å²) in [5.41, 5.74) is 9.48. The Labute approximate surface area is 262 Å². The average Bonchev–Trinajstić information content (AvgIpc) is 3.23. The molecule has 0 aliphatic carbocycles. The quantitative estimate of drug-likeness (QED) is 0.323. The molecule has 228 valence electrons. The number of rotatable bonds is 10. The maximum atomic E-state index is 13.0. The number of fused-ring (bicyclic) bond motifs is 1. The van der Waals surface area contributed by atoms with Crippen LogP contribution in [0.5, 0.6) is 0 Å². The summed E-state index contributed by atoms with van der Waals surface area (Å²) in [5, 5.41) is 0.631. The van der Waals surface area contributed by atoms with Crippen LogP contribution < -0.4 is 10.5 Å². The van der Waals surface area contributed by atoms with Gasteiger partial charge in [0.25, 0.3) is 11.8 Å². The molecule has 3 aromatic rings. The number of nitrogens with one attached hydrogen (secondary N) is 1. The first kappa shape index (κ1) is 32.6. The Morgan fingerprint density at radius 3 is 2.14 bits per heavy atom. The highest BCUT2D eigenvalue weighted by atomic mass is 35.5. The number of likely N-dealkylation sites (tertiary alicyclic amines) is 1. The first-order valence-electron chi connectivity index (χ1n) is 13.9. The van der Waals surface area contributed by atoms with E-state index in [0.29, 0.717) is 54.1 Å². The Hall–Kier alpha value is -3.28. The molecule has 0 spiro atoms. The second kappa shape index (κ2) is 14.0. The van der Waals surface area contributed by atoms with Gasteiger partial charge in [-0.1, -0.05) is 60.1 Å². The lowest BCUT2D eigenvalue weighted by atomic mass is 9.86. The van der Waals surface area contributed by atoms with Gasteiger partial charge < -0.3 is 10.6 Å². The van der Waals surface area contributed by atoms with Crippen molar-refractivity contribution >= 4 is 51.8 Å². The minimum absolute atomic E-state index is 0. The summed E-state index contributed by atoms with van der Waals surface area (Å²) in [6.07, 6.45) is 1.82. The van der Waals surface area contributed by atoms with Gasteiger partial charge in [-0.2, -0.15) is 0 Å². The largest absolute Gasteiger partial charge is 0.341 e. The van der Waals surface area contributed by atoms with Crippen molar-refractivity contribution in [1.29, 1.82) is 0 Å². The lowest BCUT2D eigenvalue weighted by molar-refractivity contribution is -0.133. The van der Waals surface area contributed by atoms with Crippen LogP contribution in [0.2, 0.25) is 5.02 Å². The van der Waals surface area contributed by atoms with Crippen molar-refractivity contribution in [2.75, 3.05) is 26.2 Å². The van der Waals surface area contributed by atoms with Gasteiger partial charge in [0.1, 0.15) is 0 Å². The first-order chi connectivity index (χ1) is 20.1. The summed E-state index contributed by atoms with van der Waals surface area (Å²) in [6, 6.07) is 20.6. The molecule has 0 unspecified atom stereocenters. The Morgan fingerprint density at radius 2 is 1.51 bits per heavy atom. The van der Waals surface area contributed by atoms with Crippen LogP contribution in [0.25, 0.3) is 0 Å². The van der Waals surface area contributed by atoms with Crippen molar-refractivity contribution < 1.29 is 22.8 Å². The number of sulfonamides is 1. The molecule has 0 bridgehead atoms. The number of hydrogen-bond donors (Lipinski definition) is 2. The predicted molar refractivity (Wildman–Crippen MR) is 168 cm³/mol. The number of carbonyl (C=O) groups is 3. The number of piperidine rings is 1. The summed E-state index contributed by atoms with van der Waals surface area (Å²) >= 11 is 5.95. The molecular weight excluding hydrogens is 611 g/mol. The van der Waals surface area contributed by atoms with E-state index in [-0.39, 0.29) is 43.1 Å². The summed E-state index contributed by atoms with van der Waals surface area (Å²) in [5.74, 6) is -1.06. The van der Waals surface area contributed by atoms with Crippen LogP contribution in [0.4, 0.5) is 0 Å². The normalized spacial score (nSPS) is 16.1. The maximum absolute atomic E-state index is 13.0. The Balaban J connectivity index is 0.00000423. The molecule has 3 amide bonds. The van der Waals surface area contributed by atoms with Gasteiger partial charge in [-0.25, -0.2) is 13.1 Å². The molecule has 0 saturated carbocycles. The molecule has 2 aliphatic rings. The van der Waals surface area contributed by atoms with E-state index in [9.17, 15) is 22.8 Å². The highest BCUT2D eigenvalue weighted by molar-refractivity contribution is 7.88. The molecule has 43 heavy (non-hydrogen) atoms. The van der Waals surface area contributed by atoms with Gasteiger partial charge in [-0.15, -0.1) is 12.4 Å². The first-order valence-corrected chi connectivity index (χ1v) is 15.9. The van der Waals surface area contributed by atoms with E-state index >= 15 is 0 Å². The number of nitrogens with two attached hydrogens (primary N) is 1. The van der Waals surface area contributed by atoms with Gasteiger partial charge in [0, 0.05) is 31.2 Å². The van der Waals surface area contributed by atoms with E-state index in [4.69, 9.17) is 17.3 Å². The molecule has 3 aromatic carbocycles. The van der Waals surface area contributed by atoms with E-state index < -0.39 is 27.9 Å². The summed E-state index contributed by atoms with van der Waals surface area (Å²) in [6.45, 7) is 0.946. The van der Waals surface area contributed by atoms with Gasteiger partial charge >= 0.3 is 0 Å². The zero-order valence-corrected chi connectivity index (χ0v) is 25.8. The molecule has 0 aromatic heterocycles. The number of carbonyl (C=O) groups excluding carboxylic acids is 3. The van der Waals surface area contributed by atoms with E-state index in [2.05, 4.69) is 4.72 Å². The van der Waals surface area contributed by atoms with Gasteiger partial charge in [0.15, 0.2) is 0 Å². The number of benzene rings is 3. The van der Waals surface area contributed by atoms with Crippen molar-refractivity contribution in [3.8, 4) is 0 Å². The lowest BCUT2D eigenvalue weighted by Crippen LogP contribution is -2.47. The molecule has 12 heteroatoms. The molecule has 3 N–H and O–H groups in total. The summed E-state index contributed by atoms with van der Waals surface area (Å²) in [4.78, 5) is 41.0. The minimum atomic E-state index is -3.75. The molecule has 1 atom stereocenters. The Morgan fingerprint density at radius 1 is 0.930 bits per heavy atom. The second-order valence-electron chi connectivity index (χ2n) is 10.7. The van der Waals surface area contributed by atoms with E-state index in [0.717, 1.165) is 16.0 Å². The smallest absolute Gasteiger partial charge is 0.261 e. The van der Waals surface area contributed by atoms with Crippen LogP contribution in [0, 0.1) is 0 Å². The van der Waals surface area contributed by atoms with Gasteiger partial charge in [-0.05, 0) is 66.1 Å². The van der Waals surface area contributed by atoms with Crippen molar-refractivity contribution in [1.82, 2.24) is 14.5 Å². The van der Waals surface area contributed by atoms with E-state index in [1.165, 1.54) is 0 Å². The predicted octanol–water partition coefficient (Wildman–Crippen LogP) is 3.75. The highest BCUT2D eigenvalue weighted by Crippen LogP contribution is 2.31. The number of amides is 3. The lowest BCUT2D eigenvalue weighted by Gasteiger charge is -2.34. The van der Waals surface area contributed by atoms with Crippen LogP contribution >= 0.6 is 24.0 Å². The third-order valence-electron chi connectivity index (χ3n) is 7.87. The fraction of sp³-hybridized carbons (Fsp3) is 0.323. The van der Waals surface area contributed by atoms with Gasteiger partial charge in [0.2, 0.25) is 15.9 Å². The number of imide groups is 1. The number of nitrogens with zero attached hydrogens (tertiary/aromatic N) is 2. The van der Waals surface area contributed by atoms with Gasteiger partial charge in [0.05, 0.1) is 22.9 Å². The maximum Gasteiger partial charge on any atom is 0.261 e. The topological polar surface area (TPSA) is 130 Å². The third kappa shape index (κ3) is 7.63.